The van der Waals surface area contributed by atoms with Crippen molar-refractivity contribution in [2.24, 2.45) is 0 Å². The second kappa shape index (κ2) is 7.06. The highest BCUT2D eigenvalue weighted by Crippen LogP contribution is 2.26. The van der Waals surface area contributed by atoms with E-state index in [0.29, 0.717) is 5.69 Å². The Kier molecular flexibility index (Phi) is 5.39. The van der Waals surface area contributed by atoms with Gasteiger partial charge in [-0.25, -0.2) is 4.68 Å². The van der Waals surface area contributed by atoms with Crippen LogP contribution >= 0.6 is 11.6 Å². The van der Waals surface area contributed by atoms with Gasteiger partial charge in [-0.1, -0.05) is 18.5 Å². The van der Waals surface area contributed by atoms with Crippen LogP contribution in [0.5, 0.6) is 0 Å². The number of aromatic nitrogens is 2. The first-order valence-electron chi connectivity index (χ1n) is 7.01. The van der Waals surface area contributed by atoms with E-state index in [1.54, 1.807) is 0 Å². The molecule has 7 heteroatoms. The summed E-state index contributed by atoms with van der Waals surface area (Å²) in [5, 5.41) is 16.1. The Morgan fingerprint density at radius 3 is 2.95 bits per heavy atom. The van der Waals surface area contributed by atoms with Crippen LogP contribution in [0.4, 0.5) is 5.69 Å². The molecular formula is C13H21ClN4O2. The number of halogens is 1. The highest BCUT2D eigenvalue weighted by molar-refractivity contribution is 6.32. The van der Waals surface area contributed by atoms with E-state index >= 15 is 0 Å². The topological polar surface area (TPSA) is 70.4 Å². The highest BCUT2D eigenvalue weighted by atomic mass is 35.5. The Bertz CT molecular complexity index is 502. The summed E-state index contributed by atoms with van der Waals surface area (Å²) in [7, 11) is 0. The fourth-order valence-electron chi connectivity index (χ4n) is 2.22. The minimum atomic E-state index is -0.375. The monoisotopic (exact) mass is 300 g/mol. The Morgan fingerprint density at radius 2 is 2.35 bits per heavy atom. The van der Waals surface area contributed by atoms with E-state index in [-0.39, 0.29) is 23.7 Å². The molecule has 20 heavy (non-hydrogen) atoms. The number of hydrogen-bond acceptors (Lipinski definition) is 5. The van der Waals surface area contributed by atoms with Crippen molar-refractivity contribution in [3.63, 3.8) is 0 Å². The van der Waals surface area contributed by atoms with Gasteiger partial charge >= 0.3 is 0 Å². The molecule has 0 aliphatic heterocycles. The number of nitrogens with zero attached hydrogens (tertiary/aromatic N) is 3. The molecule has 1 heterocycles. The molecule has 0 bridgehead atoms. The van der Waals surface area contributed by atoms with Gasteiger partial charge in [0, 0.05) is 19.1 Å². The van der Waals surface area contributed by atoms with Crippen LogP contribution in [0.3, 0.4) is 0 Å². The van der Waals surface area contributed by atoms with Gasteiger partial charge < -0.3 is 10.4 Å². The summed E-state index contributed by atoms with van der Waals surface area (Å²) >= 11 is 6.03. The predicted octanol–water partition coefficient (Wildman–Crippen LogP) is 0.785. The molecule has 1 aromatic rings. The molecule has 0 amide bonds. The lowest BCUT2D eigenvalue weighted by Crippen LogP contribution is -2.31. The van der Waals surface area contributed by atoms with Crippen LogP contribution in [0, 0.1) is 0 Å². The van der Waals surface area contributed by atoms with Crippen LogP contribution in [0.25, 0.3) is 0 Å². The molecule has 1 aromatic heterocycles. The van der Waals surface area contributed by atoms with Gasteiger partial charge in [0.15, 0.2) is 0 Å². The summed E-state index contributed by atoms with van der Waals surface area (Å²) in [6.45, 7) is 4.87. The zero-order valence-corrected chi connectivity index (χ0v) is 12.4. The van der Waals surface area contributed by atoms with Gasteiger partial charge in [0.05, 0.1) is 25.0 Å². The standard InChI is InChI=1S/C13H21ClN4O2/c1-2-17(10-3-4-10)6-5-15-11-9-16-18(7-8-19)13(20)12(11)14/h9-10,15,19H,2-8H2,1H3. The zero-order chi connectivity index (χ0) is 14.5. The summed E-state index contributed by atoms with van der Waals surface area (Å²) in [5.41, 5.74) is 0.179. The van der Waals surface area contributed by atoms with Gasteiger partial charge in [-0.05, 0) is 19.4 Å². The maximum atomic E-state index is 11.9. The molecule has 112 valence electrons. The zero-order valence-electron chi connectivity index (χ0n) is 11.7. The van der Waals surface area contributed by atoms with Crippen LogP contribution in [0.1, 0.15) is 19.8 Å². The minimum absolute atomic E-state index is 0.128. The first-order valence-corrected chi connectivity index (χ1v) is 7.39. The van der Waals surface area contributed by atoms with Gasteiger partial charge in [-0.15, -0.1) is 0 Å². The number of aliphatic hydroxyl groups is 1. The fourth-order valence-corrected chi connectivity index (χ4v) is 2.43. The number of anilines is 1. The fraction of sp³-hybridized carbons (Fsp3) is 0.692. The second-order valence-electron chi connectivity index (χ2n) is 4.91. The van der Waals surface area contributed by atoms with Crippen molar-refractivity contribution in [3.05, 3.63) is 21.6 Å². The molecule has 6 nitrogen and oxygen atoms in total. The van der Waals surface area contributed by atoms with Crippen LogP contribution in [0.15, 0.2) is 11.0 Å². The Morgan fingerprint density at radius 1 is 1.60 bits per heavy atom. The van der Waals surface area contributed by atoms with Crippen molar-refractivity contribution in [3.8, 4) is 0 Å². The van der Waals surface area contributed by atoms with E-state index in [9.17, 15) is 4.79 Å². The largest absolute Gasteiger partial charge is 0.394 e. The number of aliphatic hydroxyl groups excluding tert-OH is 1. The minimum Gasteiger partial charge on any atom is -0.394 e. The lowest BCUT2D eigenvalue weighted by atomic mass is 10.4. The van der Waals surface area contributed by atoms with Gasteiger partial charge in [0.2, 0.25) is 0 Å². The van der Waals surface area contributed by atoms with E-state index in [2.05, 4.69) is 22.2 Å². The molecule has 0 saturated heterocycles. The summed E-state index contributed by atoms with van der Waals surface area (Å²) in [6, 6.07) is 0.730. The molecule has 1 fully saturated rings. The Labute approximate surface area is 123 Å². The van der Waals surface area contributed by atoms with Crippen molar-refractivity contribution in [1.82, 2.24) is 14.7 Å². The van der Waals surface area contributed by atoms with Gasteiger partial charge in [0.1, 0.15) is 5.02 Å². The molecule has 0 spiro atoms. The quantitative estimate of drug-likeness (QED) is 0.743. The van der Waals surface area contributed by atoms with Crippen molar-refractivity contribution >= 4 is 17.3 Å². The number of nitrogens with one attached hydrogen (secondary N) is 1. The van der Waals surface area contributed by atoms with E-state index in [1.807, 2.05) is 0 Å². The second-order valence-corrected chi connectivity index (χ2v) is 5.29. The van der Waals surface area contributed by atoms with Crippen LogP contribution in [-0.4, -0.2) is 52.1 Å². The maximum Gasteiger partial charge on any atom is 0.287 e. The van der Waals surface area contributed by atoms with Crippen LogP contribution < -0.4 is 10.9 Å². The first kappa shape index (κ1) is 15.3. The SMILES string of the molecule is CCN(CCNc1cnn(CCO)c(=O)c1Cl)C1CC1. The molecule has 0 atom stereocenters. The normalized spacial score (nSPS) is 14.8. The summed E-state index contributed by atoms with van der Waals surface area (Å²) < 4.78 is 1.16. The third-order valence-corrected chi connectivity index (χ3v) is 3.85. The van der Waals surface area contributed by atoms with Crippen molar-refractivity contribution in [2.75, 3.05) is 31.6 Å². The van der Waals surface area contributed by atoms with E-state index in [1.165, 1.54) is 19.0 Å². The third-order valence-electron chi connectivity index (χ3n) is 3.48. The summed E-state index contributed by atoms with van der Waals surface area (Å²) in [5.74, 6) is 0. The smallest absolute Gasteiger partial charge is 0.287 e. The molecule has 2 rings (SSSR count). The van der Waals surface area contributed by atoms with Gasteiger partial charge in [-0.3, -0.25) is 9.69 Å². The predicted molar refractivity (Wildman–Crippen MR) is 79.4 cm³/mol. The highest BCUT2D eigenvalue weighted by Gasteiger charge is 2.27. The molecule has 1 aliphatic carbocycles. The van der Waals surface area contributed by atoms with E-state index in [4.69, 9.17) is 16.7 Å². The Hall–Kier alpha value is -1.11. The van der Waals surface area contributed by atoms with Crippen LogP contribution in [0.2, 0.25) is 5.02 Å². The number of likely N-dealkylation sites (N-methyl/N-ethyl adjacent to an activating group) is 1. The average Bonchev–Trinajstić information content (AvgIpc) is 3.27. The van der Waals surface area contributed by atoms with Gasteiger partial charge in [0.25, 0.3) is 5.56 Å². The molecule has 2 N–H and O–H groups in total. The molecule has 0 radical (unpaired) electrons. The van der Waals surface area contributed by atoms with Crippen molar-refractivity contribution in [1.29, 1.82) is 0 Å². The number of rotatable bonds is 8. The number of hydrogen-bond donors (Lipinski definition) is 2. The lowest BCUT2D eigenvalue weighted by molar-refractivity contribution is 0.266. The Balaban J connectivity index is 1.92. The molecule has 0 unspecified atom stereocenters. The molecule has 1 saturated carbocycles. The molecule has 1 aliphatic rings. The lowest BCUT2D eigenvalue weighted by Gasteiger charge is -2.20. The van der Waals surface area contributed by atoms with E-state index in [0.717, 1.165) is 30.4 Å². The average molecular weight is 301 g/mol. The van der Waals surface area contributed by atoms with Crippen molar-refractivity contribution < 1.29 is 5.11 Å². The summed E-state index contributed by atoms with van der Waals surface area (Å²) in [6.07, 6.45) is 4.10. The molecular weight excluding hydrogens is 280 g/mol. The van der Waals surface area contributed by atoms with Crippen LogP contribution in [-0.2, 0) is 6.54 Å². The van der Waals surface area contributed by atoms with Crippen molar-refractivity contribution in [2.45, 2.75) is 32.4 Å². The van der Waals surface area contributed by atoms with Gasteiger partial charge in [-0.2, -0.15) is 5.10 Å². The van der Waals surface area contributed by atoms with E-state index < -0.39 is 0 Å². The third kappa shape index (κ3) is 3.71. The summed E-state index contributed by atoms with van der Waals surface area (Å²) in [4.78, 5) is 14.3. The maximum absolute atomic E-state index is 11.9. The first-order chi connectivity index (χ1) is 9.67. The molecule has 0 aromatic carbocycles.